The number of carboxylic acids is 1. The normalized spacial score (nSPS) is 13.8. The van der Waals surface area contributed by atoms with E-state index < -0.39 is 29.6 Å². The van der Waals surface area contributed by atoms with E-state index in [4.69, 9.17) is 4.74 Å². The van der Waals surface area contributed by atoms with Crippen LogP contribution in [0.5, 0.6) is 0 Å². The highest BCUT2D eigenvalue weighted by molar-refractivity contribution is 5.91. The molecule has 0 aromatic heterocycles. The maximum atomic E-state index is 12.6. The number of carbonyl (C=O) groups excluding carboxylic acids is 2. The topological polar surface area (TPSA) is 105 Å². The Bertz CT molecular complexity index is 953. The van der Waals surface area contributed by atoms with E-state index in [1.165, 1.54) is 13.8 Å². The lowest BCUT2D eigenvalue weighted by atomic mass is 9.98. The van der Waals surface area contributed by atoms with Crippen LogP contribution in [0.1, 0.15) is 44.7 Å². The molecule has 0 aliphatic heterocycles. The number of alkyl carbamates (subject to hydrolysis) is 1. The van der Waals surface area contributed by atoms with Gasteiger partial charge in [-0.1, -0.05) is 62.4 Å². The first-order valence-corrected chi connectivity index (χ1v) is 10.3. The van der Waals surface area contributed by atoms with Crippen molar-refractivity contribution in [3.63, 3.8) is 0 Å². The molecule has 2 amide bonds. The predicted octanol–water partition coefficient (Wildman–Crippen LogP) is 3.53. The van der Waals surface area contributed by atoms with E-state index in [1.807, 2.05) is 36.4 Å². The van der Waals surface area contributed by atoms with Crippen LogP contribution in [0.4, 0.5) is 4.79 Å². The van der Waals surface area contributed by atoms with Crippen LogP contribution in [0, 0.1) is 5.92 Å². The van der Waals surface area contributed by atoms with Crippen molar-refractivity contribution in [3.8, 4) is 11.1 Å². The van der Waals surface area contributed by atoms with Gasteiger partial charge >= 0.3 is 12.1 Å². The van der Waals surface area contributed by atoms with Crippen molar-refractivity contribution in [1.29, 1.82) is 0 Å². The van der Waals surface area contributed by atoms with Crippen LogP contribution >= 0.6 is 0 Å². The Labute approximate surface area is 181 Å². The van der Waals surface area contributed by atoms with Crippen molar-refractivity contribution in [3.05, 3.63) is 59.7 Å². The molecule has 0 spiro atoms. The van der Waals surface area contributed by atoms with Gasteiger partial charge < -0.3 is 20.5 Å². The van der Waals surface area contributed by atoms with Crippen molar-refractivity contribution in [2.45, 2.75) is 45.2 Å². The first kappa shape index (κ1) is 22.3. The van der Waals surface area contributed by atoms with Crippen molar-refractivity contribution < 1.29 is 24.2 Å². The number of rotatable bonds is 7. The van der Waals surface area contributed by atoms with E-state index in [9.17, 15) is 19.5 Å². The number of amides is 2. The fourth-order valence-corrected chi connectivity index (χ4v) is 3.74. The Balaban J connectivity index is 1.68. The molecule has 0 saturated heterocycles. The highest BCUT2D eigenvalue weighted by Gasteiger charge is 2.34. The summed E-state index contributed by atoms with van der Waals surface area (Å²) in [5, 5.41) is 14.3. The van der Waals surface area contributed by atoms with Crippen LogP contribution < -0.4 is 10.6 Å². The van der Waals surface area contributed by atoms with Gasteiger partial charge in [-0.2, -0.15) is 0 Å². The van der Waals surface area contributed by atoms with Gasteiger partial charge in [0.25, 0.3) is 0 Å². The number of nitrogens with one attached hydrogen (secondary N) is 2. The third-order valence-corrected chi connectivity index (χ3v) is 5.54. The van der Waals surface area contributed by atoms with Gasteiger partial charge in [-0.05, 0) is 42.0 Å². The van der Waals surface area contributed by atoms with E-state index in [-0.39, 0.29) is 18.4 Å². The highest BCUT2D eigenvalue weighted by atomic mass is 16.5. The molecule has 164 valence electrons. The summed E-state index contributed by atoms with van der Waals surface area (Å²) in [6, 6.07) is 15.1. The molecule has 0 radical (unpaired) electrons. The molecular weight excluding hydrogens is 396 g/mol. The highest BCUT2D eigenvalue weighted by Crippen LogP contribution is 2.44. The summed E-state index contributed by atoms with van der Waals surface area (Å²) in [5.74, 6) is -2.08. The lowest BCUT2D eigenvalue weighted by Gasteiger charge is -2.27. The summed E-state index contributed by atoms with van der Waals surface area (Å²) in [5.41, 5.74) is 2.99. The molecule has 0 heterocycles. The molecule has 1 atom stereocenters. The van der Waals surface area contributed by atoms with E-state index in [0.29, 0.717) is 0 Å². The summed E-state index contributed by atoms with van der Waals surface area (Å²) in [4.78, 5) is 36.4. The molecule has 7 nitrogen and oxygen atoms in total. The first-order chi connectivity index (χ1) is 14.6. The van der Waals surface area contributed by atoms with Gasteiger partial charge in [0.2, 0.25) is 5.91 Å². The second-order valence-corrected chi connectivity index (χ2v) is 8.61. The van der Waals surface area contributed by atoms with Gasteiger partial charge in [0.05, 0.1) is 0 Å². The lowest BCUT2D eigenvalue weighted by molar-refractivity contribution is -0.146. The summed E-state index contributed by atoms with van der Waals surface area (Å²) in [6.45, 7) is 6.44. The zero-order chi connectivity index (χ0) is 22.8. The van der Waals surface area contributed by atoms with Gasteiger partial charge in [0.15, 0.2) is 0 Å². The largest absolute Gasteiger partial charge is 0.480 e. The molecule has 0 fully saturated rings. The van der Waals surface area contributed by atoms with Gasteiger partial charge in [-0.3, -0.25) is 4.79 Å². The van der Waals surface area contributed by atoms with Crippen LogP contribution in [0.25, 0.3) is 11.1 Å². The summed E-state index contributed by atoms with van der Waals surface area (Å²) in [7, 11) is 0. The third kappa shape index (κ3) is 4.71. The maximum Gasteiger partial charge on any atom is 0.407 e. The van der Waals surface area contributed by atoms with E-state index >= 15 is 0 Å². The van der Waals surface area contributed by atoms with Gasteiger partial charge in [-0.25, -0.2) is 9.59 Å². The van der Waals surface area contributed by atoms with Crippen LogP contribution in [0.15, 0.2) is 48.5 Å². The minimum atomic E-state index is -1.45. The zero-order valence-electron chi connectivity index (χ0n) is 18.1. The van der Waals surface area contributed by atoms with Crippen molar-refractivity contribution in [1.82, 2.24) is 10.6 Å². The van der Waals surface area contributed by atoms with Gasteiger partial charge in [0, 0.05) is 5.92 Å². The van der Waals surface area contributed by atoms with Gasteiger partial charge in [-0.15, -0.1) is 0 Å². The van der Waals surface area contributed by atoms with Crippen LogP contribution in [-0.2, 0) is 14.3 Å². The monoisotopic (exact) mass is 424 g/mol. The van der Waals surface area contributed by atoms with E-state index in [0.717, 1.165) is 22.3 Å². The van der Waals surface area contributed by atoms with Crippen LogP contribution in [0.3, 0.4) is 0 Å². The fraction of sp³-hybridized carbons (Fsp3) is 0.375. The standard InChI is InChI=1S/C24H28N2O5/c1-14(2)20(21(27)26-24(3,4)22(28)29)25-23(30)31-13-19-17-11-7-5-9-15(17)16-10-6-8-12-18(16)19/h5-12,14,19-20H,13H2,1-4H3,(H,25,30)(H,26,27)(H,28,29)/t20-/m1/s1. The Hall–Kier alpha value is -3.35. The summed E-state index contributed by atoms with van der Waals surface area (Å²) >= 11 is 0. The lowest BCUT2D eigenvalue weighted by Crippen LogP contribution is -2.57. The Morgan fingerprint density at radius 2 is 1.52 bits per heavy atom. The average Bonchev–Trinajstić information content (AvgIpc) is 3.03. The summed E-state index contributed by atoms with van der Waals surface area (Å²) in [6.07, 6.45) is -0.719. The molecule has 0 saturated carbocycles. The van der Waals surface area contributed by atoms with Crippen molar-refractivity contribution in [2.75, 3.05) is 6.61 Å². The number of aliphatic carboxylic acids is 1. The molecule has 3 N–H and O–H groups in total. The number of fused-ring (bicyclic) bond motifs is 3. The Morgan fingerprint density at radius 1 is 1.00 bits per heavy atom. The number of benzene rings is 2. The quantitative estimate of drug-likeness (QED) is 0.631. The number of ether oxygens (including phenoxy) is 1. The number of hydrogen-bond acceptors (Lipinski definition) is 4. The minimum absolute atomic E-state index is 0.0876. The molecule has 1 aliphatic rings. The van der Waals surface area contributed by atoms with Crippen molar-refractivity contribution >= 4 is 18.0 Å². The third-order valence-electron chi connectivity index (χ3n) is 5.54. The Morgan fingerprint density at radius 3 is 2.00 bits per heavy atom. The summed E-state index contributed by atoms with van der Waals surface area (Å²) < 4.78 is 5.50. The predicted molar refractivity (Wildman–Crippen MR) is 117 cm³/mol. The Kier molecular flexibility index (Phi) is 6.34. The molecule has 7 heteroatoms. The van der Waals surface area contributed by atoms with E-state index in [2.05, 4.69) is 22.8 Å². The van der Waals surface area contributed by atoms with Gasteiger partial charge in [0.1, 0.15) is 18.2 Å². The second-order valence-electron chi connectivity index (χ2n) is 8.61. The first-order valence-electron chi connectivity index (χ1n) is 10.3. The smallest absolute Gasteiger partial charge is 0.407 e. The molecule has 2 aromatic rings. The number of hydrogen-bond donors (Lipinski definition) is 3. The number of carbonyl (C=O) groups is 3. The molecular formula is C24H28N2O5. The molecule has 2 aromatic carbocycles. The van der Waals surface area contributed by atoms with Crippen molar-refractivity contribution in [2.24, 2.45) is 5.92 Å². The van der Waals surface area contributed by atoms with Crippen LogP contribution in [-0.4, -0.2) is 41.3 Å². The molecule has 0 unspecified atom stereocenters. The molecule has 31 heavy (non-hydrogen) atoms. The molecule has 3 rings (SSSR count). The molecule has 1 aliphatic carbocycles. The minimum Gasteiger partial charge on any atom is -0.480 e. The average molecular weight is 424 g/mol. The molecule has 0 bridgehead atoms. The maximum absolute atomic E-state index is 12.6. The number of carboxylic acid groups (broad SMARTS) is 1. The fourth-order valence-electron chi connectivity index (χ4n) is 3.74. The zero-order valence-corrected chi connectivity index (χ0v) is 18.1. The van der Waals surface area contributed by atoms with Crippen LogP contribution in [0.2, 0.25) is 0 Å². The second kappa shape index (κ2) is 8.79. The SMILES string of the molecule is CC(C)[C@@H](NC(=O)OCC1c2ccccc2-c2ccccc21)C(=O)NC(C)(C)C(=O)O. The van der Waals surface area contributed by atoms with E-state index in [1.54, 1.807) is 13.8 Å².